The SMILES string of the molecule is CCC(COC)CC(N[SH](=O)=O)C(C)COC1CCC(c2cccc(F)c2)CC1. The minimum absolute atomic E-state index is 0.0785. The third kappa shape index (κ3) is 8.32. The molecule has 166 valence electrons. The summed E-state index contributed by atoms with van der Waals surface area (Å²) < 4.78 is 50.1. The molecule has 3 unspecified atom stereocenters. The van der Waals surface area contributed by atoms with Crippen LogP contribution in [0.3, 0.4) is 0 Å². The zero-order valence-electron chi connectivity index (χ0n) is 17.8. The van der Waals surface area contributed by atoms with Gasteiger partial charge in [0, 0.05) is 19.8 Å². The van der Waals surface area contributed by atoms with Gasteiger partial charge in [-0.25, -0.2) is 17.5 Å². The van der Waals surface area contributed by atoms with Gasteiger partial charge in [-0.1, -0.05) is 32.4 Å². The number of thiol groups is 1. The lowest BCUT2D eigenvalue weighted by Crippen LogP contribution is -2.39. The number of ether oxygens (including phenoxy) is 2. The van der Waals surface area contributed by atoms with Crippen LogP contribution in [0.1, 0.15) is 63.9 Å². The highest BCUT2D eigenvalue weighted by Gasteiger charge is 2.26. The van der Waals surface area contributed by atoms with E-state index in [0.29, 0.717) is 25.0 Å². The highest BCUT2D eigenvalue weighted by Crippen LogP contribution is 2.34. The molecule has 0 bridgehead atoms. The lowest BCUT2D eigenvalue weighted by molar-refractivity contribution is 0.000289. The maximum Gasteiger partial charge on any atom is 0.201 e. The van der Waals surface area contributed by atoms with Gasteiger partial charge in [0.15, 0.2) is 0 Å². The quantitative estimate of drug-likeness (QED) is 0.492. The molecule has 1 N–H and O–H groups in total. The summed E-state index contributed by atoms with van der Waals surface area (Å²) in [4.78, 5) is 0. The predicted molar refractivity (Wildman–Crippen MR) is 114 cm³/mol. The molecule has 1 fully saturated rings. The second-order valence-corrected chi connectivity index (χ2v) is 9.07. The van der Waals surface area contributed by atoms with Crippen LogP contribution >= 0.6 is 0 Å². The lowest BCUT2D eigenvalue weighted by atomic mass is 9.82. The van der Waals surface area contributed by atoms with Crippen LogP contribution in [0.5, 0.6) is 0 Å². The summed E-state index contributed by atoms with van der Waals surface area (Å²) in [5.41, 5.74) is 1.07. The van der Waals surface area contributed by atoms with E-state index in [1.807, 2.05) is 13.0 Å². The minimum Gasteiger partial charge on any atom is -0.384 e. The number of halogens is 1. The van der Waals surface area contributed by atoms with Gasteiger partial charge in [-0.3, -0.25) is 0 Å². The fourth-order valence-corrected chi connectivity index (χ4v) is 4.85. The van der Waals surface area contributed by atoms with Crippen molar-refractivity contribution in [2.24, 2.45) is 11.8 Å². The van der Waals surface area contributed by atoms with Gasteiger partial charge < -0.3 is 9.47 Å². The van der Waals surface area contributed by atoms with Crippen molar-refractivity contribution in [3.05, 3.63) is 35.6 Å². The van der Waals surface area contributed by atoms with Gasteiger partial charge in [0.25, 0.3) is 0 Å². The molecule has 7 heteroatoms. The van der Waals surface area contributed by atoms with Crippen molar-refractivity contribution in [3.63, 3.8) is 0 Å². The van der Waals surface area contributed by atoms with Crippen LogP contribution in [0, 0.1) is 17.7 Å². The van der Waals surface area contributed by atoms with Crippen LogP contribution in [0.15, 0.2) is 24.3 Å². The van der Waals surface area contributed by atoms with Crippen molar-refractivity contribution in [2.45, 2.75) is 70.4 Å². The normalized spacial score (nSPS) is 23.1. The van der Waals surface area contributed by atoms with E-state index in [-0.39, 0.29) is 23.9 Å². The van der Waals surface area contributed by atoms with E-state index in [1.165, 1.54) is 6.07 Å². The van der Waals surface area contributed by atoms with Crippen molar-refractivity contribution < 1.29 is 22.3 Å². The maximum atomic E-state index is 13.5. The van der Waals surface area contributed by atoms with Crippen LogP contribution in [0.25, 0.3) is 0 Å². The van der Waals surface area contributed by atoms with Crippen molar-refractivity contribution in [1.82, 2.24) is 4.72 Å². The Bertz CT molecular complexity index is 669. The molecule has 1 aliphatic carbocycles. The Labute approximate surface area is 176 Å². The Morgan fingerprint density at radius 1 is 1.21 bits per heavy atom. The summed E-state index contributed by atoms with van der Waals surface area (Å²) in [6.07, 6.45) is 5.74. The molecule has 0 spiro atoms. The first kappa shape index (κ1) is 24.3. The molecule has 0 saturated heterocycles. The van der Waals surface area contributed by atoms with E-state index >= 15 is 0 Å². The van der Waals surface area contributed by atoms with Crippen LogP contribution < -0.4 is 4.72 Å². The van der Waals surface area contributed by atoms with E-state index in [2.05, 4.69) is 11.6 Å². The summed E-state index contributed by atoms with van der Waals surface area (Å²) >= 11 is 0. The summed E-state index contributed by atoms with van der Waals surface area (Å²) in [7, 11) is -0.981. The second-order valence-electron chi connectivity index (χ2n) is 8.30. The zero-order valence-corrected chi connectivity index (χ0v) is 18.7. The van der Waals surface area contributed by atoms with Crippen LogP contribution in [-0.2, 0) is 20.4 Å². The Kier molecular flexibility index (Phi) is 10.6. The van der Waals surface area contributed by atoms with Gasteiger partial charge in [-0.15, -0.1) is 0 Å². The first-order chi connectivity index (χ1) is 13.9. The molecule has 5 nitrogen and oxygen atoms in total. The van der Waals surface area contributed by atoms with Gasteiger partial charge in [0.1, 0.15) is 5.82 Å². The van der Waals surface area contributed by atoms with Crippen molar-refractivity contribution in [1.29, 1.82) is 0 Å². The second kappa shape index (κ2) is 12.6. The third-order valence-electron chi connectivity index (χ3n) is 6.11. The third-order valence-corrected chi connectivity index (χ3v) is 6.66. The molecule has 1 saturated carbocycles. The molecule has 0 amide bonds. The number of hydrogen-bond donors (Lipinski definition) is 2. The minimum atomic E-state index is -2.65. The lowest BCUT2D eigenvalue weighted by Gasteiger charge is -2.31. The van der Waals surface area contributed by atoms with Gasteiger partial charge in [-0.2, -0.15) is 0 Å². The molecule has 0 aromatic heterocycles. The molecule has 1 aliphatic rings. The molecule has 0 radical (unpaired) electrons. The monoisotopic (exact) mass is 429 g/mol. The molecule has 0 heterocycles. The van der Waals surface area contributed by atoms with Gasteiger partial charge in [0.05, 0.1) is 12.7 Å². The van der Waals surface area contributed by atoms with Crippen molar-refractivity contribution in [3.8, 4) is 0 Å². The fourth-order valence-electron chi connectivity index (χ4n) is 4.22. The molecule has 0 aliphatic heterocycles. The topological polar surface area (TPSA) is 64.6 Å². The van der Waals surface area contributed by atoms with E-state index in [4.69, 9.17) is 9.47 Å². The number of hydrogen-bond acceptors (Lipinski definition) is 4. The average Bonchev–Trinajstić information content (AvgIpc) is 2.71. The van der Waals surface area contributed by atoms with Gasteiger partial charge in [-0.05, 0) is 67.6 Å². The van der Waals surface area contributed by atoms with E-state index in [0.717, 1.165) is 44.1 Å². The average molecular weight is 430 g/mol. The zero-order chi connectivity index (χ0) is 21.2. The van der Waals surface area contributed by atoms with Crippen LogP contribution in [-0.4, -0.2) is 40.9 Å². The van der Waals surface area contributed by atoms with Crippen LogP contribution in [0.4, 0.5) is 4.39 Å². The van der Waals surface area contributed by atoms with E-state index in [1.54, 1.807) is 19.2 Å². The Morgan fingerprint density at radius 2 is 1.93 bits per heavy atom. The summed E-state index contributed by atoms with van der Waals surface area (Å²) in [6, 6.07) is 6.74. The summed E-state index contributed by atoms with van der Waals surface area (Å²) in [5, 5.41) is 0. The van der Waals surface area contributed by atoms with Crippen LogP contribution in [0.2, 0.25) is 0 Å². The number of rotatable bonds is 12. The molecule has 29 heavy (non-hydrogen) atoms. The molecule has 1 aromatic carbocycles. The summed E-state index contributed by atoms with van der Waals surface area (Å²) in [5.74, 6) is 0.608. The smallest absolute Gasteiger partial charge is 0.201 e. The van der Waals surface area contributed by atoms with Gasteiger partial charge in [0.2, 0.25) is 10.9 Å². The first-order valence-corrected chi connectivity index (χ1v) is 11.9. The maximum absolute atomic E-state index is 13.5. The Morgan fingerprint density at radius 3 is 2.52 bits per heavy atom. The number of methoxy groups -OCH3 is 1. The fraction of sp³-hybridized carbons (Fsp3) is 0.727. The Balaban J connectivity index is 1.82. The van der Waals surface area contributed by atoms with Gasteiger partial charge >= 0.3 is 0 Å². The highest BCUT2D eigenvalue weighted by atomic mass is 32.2. The van der Waals surface area contributed by atoms with Crippen molar-refractivity contribution in [2.75, 3.05) is 20.3 Å². The predicted octanol–water partition coefficient (Wildman–Crippen LogP) is 4.05. The van der Waals surface area contributed by atoms with E-state index in [9.17, 15) is 12.8 Å². The number of nitrogens with one attached hydrogen (secondary N) is 1. The largest absolute Gasteiger partial charge is 0.384 e. The van der Waals surface area contributed by atoms with E-state index < -0.39 is 10.9 Å². The molecule has 1 aromatic rings. The van der Waals surface area contributed by atoms with Crippen molar-refractivity contribution >= 4 is 10.9 Å². The summed E-state index contributed by atoms with van der Waals surface area (Å²) in [6.45, 7) is 5.28. The molecular formula is C22H36FNO4S. The molecular weight excluding hydrogens is 393 g/mol. The number of benzene rings is 1. The Hall–Kier alpha value is -1.02. The molecule has 2 rings (SSSR count). The molecule has 3 atom stereocenters. The highest BCUT2D eigenvalue weighted by molar-refractivity contribution is 7.70. The first-order valence-electron chi connectivity index (χ1n) is 10.7. The standard InChI is InChI=1S/C22H36FNO4S/c1-4-17(15-27-3)12-22(24-29(25)26)16(2)14-28-21-10-8-18(9-11-21)19-6-5-7-20(23)13-19/h5-7,13,16-18,21-22,29H,4,8-12,14-15H2,1-3H3,(H,24,25,26).